The lowest BCUT2D eigenvalue weighted by Gasteiger charge is -2.36. The number of methoxy groups -OCH3 is 1. The van der Waals surface area contributed by atoms with Crippen LogP contribution in [0, 0.1) is 5.41 Å². The summed E-state index contributed by atoms with van der Waals surface area (Å²) >= 11 is 0. The molecule has 1 aliphatic heterocycles. The first-order valence-corrected chi connectivity index (χ1v) is 13.8. The Balaban J connectivity index is 1.33. The van der Waals surface area contributed by atoms with E-state index < -0.39 is 0 Å². The summed E-state index contributed by atoms with van der Waals surface area (Å²) < 4.78 is 5.45. The number of ether oxygens (including phenoxy) is 1. The third-order valence-electron chi connectivity index (χ3n) is 7.14. The van der Waals surface area contributed by atoms with E-state index >= 15 is 0 Å². The Bertz CT molecular complexity index is 1300. The summed E-state index contributed by atoms with van der Waals surface area (Å²) in [6, 6.07) is 21.9. The van der Waals surface area contributed by atoms with Crippen LogP contribution in [-0.4, -0.2) is 79.4 Å². The van der Waals surface area contributed by atoms with E-state index in [1.165, 1.54) is 0 Å². The van der Waals surface area contributed by atoms with Crippen LogP contribution in [0.25, 0.3) is 16.8 Å². The number of carbonyl (C=O) groups is 2. The van der Waals surface area contributed by atoms with Crippen molar-refractivity contribution in [1.82, 2.24) is 14.7 Å². The molecule has 1 aliphatic rings. The molecule has 1 heterocycles. The topological polar surface area (TPSA) is 53.1 Å². The number of hydrogen-bond donors (Lipinski definition) is 0. The summed E-state index contributed by atoms with van der Waals surface area (Å²) in [5.74, 6) is 1.07. The molecule has 0 unspecified atom stereocenters. The highest BCUT2D eigenvalue weighted by atomic mass is 16.5. The molecule has 0 N–H and O–H groups in total. The van der Waals surface area contributed by atoms with Crippen LogP contribution in [0.5, 0.6) is 5.75 Å². The van der Waals surface area contributed by atoms with Gasteiger partial charge >= 0.3 is 0 Å². The normalized spacial score (nSPS) is 14.6. The number of benzene rings is 3. The van der Waals surface area contributed by atoms with Crippen LogP contribution >= 0.6 is 0 Å². The molecule has 6 heteroatoms. The van der Waals surface area contributed by atoms with Gasteiger partial charge < -0.3 is 14.5 Å². The molecule has 2 amide bonds. The number of para-hydroxylation sites is 1. The molecule has 0 atom stereocenters. The largest absolute Gasteiger partial charge is 0.496 e. The van der Waals surface area contributed by atoms with Crippen molar-refractivity contribution in [3.63, 3.8) is 0 Å². The van der Waals surface area contributed by atoms with Gasteiger partial charge in [0.15, 0.2) is 0 Å². The average molecular weight is 528 g/mol. The molecule has 0 radical (unpaired) electrons. The number of hydrogen-bond acceptors (Lipinski definition) is 4. The van der Waals surface area contributed by atoms with Crippen molar-refractivity contribution in [3.8, 4) is 5.75 Å². The van der Waals surface area contributed by atoms with Gasteiger partial charge in [0, 0.05) is 63.4 Å². The Labute approximate surface area is 232 Å². The van der Waals surface area contributed by atoms with E-state index in [1.54, 1.807) is 7.11 Å². The minimum Gasteiger partial charge on any atom is -0.496 e. The maximum absolute atomic E-state index is 13.2. The van der Waals surface area contributed by atoms with Gasteiger partial charge in [-0.1, -0.05) is 81.5 Å². The van der Waals surface area contributed by atoms with Gasteiger partial charge in [-0.3, -0.25) is 14.5 Å². The lowest BCUT2D eigenvalue weighted by molar-refractivity contribution is -0.132. The number of fused-ring (bicyclic) bond motifs is 1. The summed E-state index contributed by atoms with van der Waals surface area (Å²) in [4.78, 5) is 32.6. The van der Waals surface area contributed by atoms with E-state index in [9.17, 15) is 9.59 Å². The first kappa shape index (κ1) is 28.4. The van der Waals surface area contributed by atoms with E-state index in [-0.39, 0.29) is 17.2 Å². The van der Waals surface area contributed by atoms with Crippen molar-refractivity contribution >= 4 is 28.7 Å². The molecule has 0 bridgehead atoms. The standard InChI is InChI=1S/C33H41N3O3/c1-33(2,3)25-31(37)35(17-9-13-27-11-7-8-14-30(27)39-4)21-18-34-19-22-36(23-20-34)32(38)29-16-15-26-10-5-6-12-28(26)24-29/h5-16,24H,17-23,25H2,1-4H3/b13-9+. The zero-order valence-electron chi connectivity index (χ0n) is 23.7. The lowest BCUT2D eigenvalue weighted by atomic mass is 9.91. The third-order valence-corrected chi connectivity index (χ3v) is 7.14. The minimum atomic E-state index is -0.0730. The number of amides is 2. The second-order valence-corrected chi connectivity index (χ2v) is 11.4. The van der Waals surface area contributed by atoms with Crippen molar-refractivity contribution in [2.45, 2.75) is 27.2 Å². The van der Waals surface area contributed by atoms with Gasteiger partial charge in [-0.05, 0) is 34.4 Å². The predicted octanol–water partition coefficient (Wildman–Crippen LogP) is 5.58. The minimum absolute atomic E-state index is 0.0730. The Morgan fingerprint density at radius 1 is 0.923 bits per heavy atom. The highest BCUT2D eigenvalue weighted by Gasteiger charge is 2.24. The van der Waals surface area contributed by atoms with Crippen LogP contribution in [0.3, 0.4) is 0 Å². The molecule has 1 saturated heterocycles. The second kappa shape index (κ2) is 12.9. The lowest BCUT2D eigenvalue weighted by Crippen LogP contribution is -2.50. The summed E-state index contributed by atoms with van der Waals surface area (Å²) in [7, 11) is 1.67. The number of carbonyl (C=O) groups excluding carboxylic acids is 2. The maximum Gasteiger partial charge on any atom is 0.253 e. The molecule has 0 aliphatic carbocycles. The van der Waals surface area contributed by atoms with E-state index in [1.807, 2.05) is 82.6 Å². The van der Waals surface area contributed by atoms with Gasteiger partial charge in [0.2, 0.25) is 5.91 Å². The van der Waals surface area contributed by atoms with Gasteiger partial charge in [0.05, 0.1) is 7.11 Å². The molecular weight excluding hydrogens is 486 g/mol. The monoisotopic (exact) mass is 527 g/mol. The maximum atomic E-state index is 13.2. The van der Waals surface area contributed by atoms with Crippen LogP contribution in [0.2, 0.25) is 0 Å². The highest BCUT2D eigenvalue weighted by Crippen LogP contribution is 2.22. The Morgan fingerprint density at radius 3 is 2.33 bits per heavy atom. The SMILES string of the molecule is COc1ccccc1/C=C/CN(CCN1CCN(C(=O)c2ccc3ccccc3c2)CC1)C(=O)CC(C)(C)C. The summed E-state index contributed by atoms with van der Waals surface area (Å²) in [5, 5.41) is 2.23. The average Bonchev–Trinajstić information content (AvgIpc) is 2.93. The van der Waals surface area contributed by atoms with Crippen LogP contribution in [0.4, 0.5) is 0 Å². The molecule has 0 spiro atoms. The smallest absolute Gasteiger partial charge is 0.253 e. The van der Waals surface area contributed by atoms with E-state index in [4.69, 9.17) is 4.74 Å². The summed E-state index contributed by atoms with van der Waals surface area (Å²) in [6.07, 6.45) is 4.56. The fourth-order valence-corrected chi connectivity index (χ4v) is 4.94. The zero-order valence-corrected chi connectivity index (χ0v) is 23.7. The van der Waals surface area contributed by atoms with E-state index in [0.29, 0.717) is 32.6 Å². The van der Waals surface area contributed by atoms with Crippen LogP contribution in [0.1, 0.15) is 43.1 Å². The number of piperazine rings is 1. The molecule has 206 valence electrons. The Morgan fingerprint density at radius 2 is 1.62 bits per heavy atom. The van der Waals surface area contributed by atoms with Crippen molar-refractivity contribution < 1.29 is 14.3 Å². The van der Waals surface area contributed by atoms with Gasteiger partial charge in [-0.2, -0.15) is 0 Å². The van der Waals surface area contributed by atoms with Crippen molar-refractivity contribution in [1.29, 1.82) is 0 Å². The fraction of sp³-hybridized carbons (Fsp3) is 0.394. The first-order valence-electron chi connectivity index (χ1n) is 13.8. The van der Waals surface area contributed by atoms with Gasteiger partial charge in [0.1, 0.15) is 5.75 Å². The molecule has 3 aromatic rings. The summed E-state index contributed by atoms with van der Waals surface area (Å²) in [5.41, 5.74) is 1.66. The Kier molecular flexibility index (Phi) is 9.41. The predicted molar refractivity (Wildman–Crippen MR) is 159 cm³/mol. The van der Waals surface area contributed by atoms with Crippen LogP contribution < -0.4 is 4.74 Å². The van der Waals surface area contributed by atoms with Crippen molar-refractivity contribution in [2.75, 3.05) is 52.9 Å². The Hall–Kier alpha value is -3.64. The zero-order chi connectivity index (χ0) is 27.8. The van der Waals surface area contributed by atoms with Crippen LogP contribution in [0.15, 0.2) is 72.8 Å². The molecule has 0 saturated carbocycles. The van der Waals surface area contributed by atoms with Crippen LogP contribution in [-0.2, 0) is 4.79 Å². The van der Waals surface area contributed by atoms with Gasteiger partial charge in [0.25, 0.3) is 5.91 Å². The van der Waals surface area contributed by atoms with Crippen molar-refractivity contribution in [2.24, 2.45) is 5.41 Å². The van der Waals surface area contributed by atoms with Gasteiger partial charge in [-0.25, -0.2) is 0 Å². The quantitative estimate of drug-likeness (QED) is 0.364. The van der Waals surface area contributed by atoms with E-state index in [2.05, 4.69) is 31.7 Å². The third kappa shape index (κ3) is 7.93. The van der Waals surface area contributed by atoms with Crippen molar-refractivity contribution in [3.05, 3.63) is 83.9 Å². The molecule has 3 aromatic carbocycles. The second-order valence-electron chi connectivity index (χ2n) is 11.4. The fourth-order valence-electron chi connectivity index (χ4n) is 4.94. The molecule has 6 nitrogen and oxygen atoms in total. The first-order chi connectivity index (χ1) is 18.7. The molecular formula is C33H41N3O3. The molecule has 1 fully saturated rings. The van der Waals surface area contributed by atoms with E-state index in [0.717, 1.165) is 47.3 Å². The molecule has 0 aromatic heterocycles. The number of rotatable bonds is 9. The molecule has 4 rings (SSSR count). The van der Waals surface area contributed by atoms with Gasteiger partial charge in [-0.15, -0.1) is 0 Å². The highest BCUT2D eigenvalue weighted by molar-refractivity contribution is 5.98. The number of nitrogens with zero attached hydrogens (tertiary/aromatic N) is 3. The summed E-state index contributed by atoms with van der Waals surface area (Å²) in [6.45, 7) is 11.3. The molecule has 39 heavy (non-hydrogen) atoms.